The van der Waals surface area contributed by atoms with Gasteiger partial charge in [0.2, 0.25) is 11.8 Å². The average molecular weight is 495 g/mol. The SMILES string of the molecule is COC(=O)[C@]1(c2ccccc2)N[C@@H](c2ccccc2Cl)[C@H]2C(=O)N(c3ccc(Cl)cc3)C(=O)[C@H]21. The van der Waals surface area contributed by atoms with Gasteiger partial charge in [-0.2, -0.15) is 0 Å². The van der Waals surface area contributed by atoms with Crippen LogP contribution < -0.4 is 10.2 Å². The predicted molar refractivity (Wildman–Crippen MR) is 128 cm³/mol. The summed E-state index contributed by atoms with van der Waals surface area (Å²) in [6, 6.07) is 21.7. The summed E-state index contributed by atoms with van der Waals surface area (Å²) in [6.07, 6.45) is 0. The largest absolute Gasteiger partial charge is 0.467 e. The number of carbonyl (C=O) groups excluding carboxylic acids is 3. The number of hydrogen-bond donors (Lipinski definition) is 1. The first-order valence-corrected chi connectivity index (χ1v) is 11.4. The Balaban J connectivity index is 1.74. The Morgan fingerprint density at radius 1 is 0.912 bits per heavy atom. The number of fused-ring (bicyclic) bond motifs is 1. The van der Waals surface area contributed by atoms with Gasteiger partial charge in [0.05, 0.1) is 24.6 Å². The molecule has 2 fully saturated rings. The number of carbonyl (C=O) groups is 3. The maximum absolute atomic E-state index is 13.9. The second-order valence-electron chi connectivity index (χ2n) is 8.30. The van der Waals surface area contributed by atoms with Crippen LogP contribution in [0.25, 0.3) is 0 Å². The normalized spacial score (nSPS) is 26.0. The molecule has 2 amide bonds. The second-order valence-corrected chi connectivity index (χ2v) is 9.14. The quantitative estimate of drug-likeness (QED) is 0.426. The molecule has 0 unspecified atom stereocenters. The number of halogens is 2. The summed E-state index contributed by atoms with van der Waals surface area (Å²) in [5.74, 6) is -3.50. The highest BCUT2D eigenvalue weighted by atomic mass is 35.5. The van der Waals surface area contributed by atoms with Crippen molar-refractivity contribution < 1.29 is 19.1 Å². The van der Waals surface area contributed by atoms with Gasteiger partial charge in [-0.15, -0.1) is 0 Å². The number of esters is 1. The van der Waals surface area contributed by atoms with Crippen LogP contribution in [0.5, 0.6) is 0 Å². The molecule has 5 rings (SSSR count). The lowest BCUT2D eigenvalue weighted by atomic mass is 9.75. The minimum absolute atomic E-state index is 0.388. The maximum atomic E-state index is 13.9. The zero-order chi connectivity index (χ0) is 24.0. The lowest BCUT2D eigenvalue weighted by molar-refractivity contribution is -0.152. The molecule has 0 radical (unpaired) electrons. The Bertz CT molecular complexity index is 1280. The first-order valence-electron chi connectivity index (χ1n) is 10.7. The molecule has 0 aromatic heterocycles. The number of amides is 2. The summed E-state index contributed by atoms with van der Waals surface area (Å²) in [6.45, 7) is 0. The third-order valence-corrected chi connectivity index (χ3v) is 7.22. The van der Waals surface area contributed by atoms with Crippen molar-refractivity contribution in [2.45, 2.75) is 11.6 Å². The van der Waals surface area contributed by atoms with E-state index in [0.717, 1.165) is 4.90 Å². The average Bonchev–Trinajstić information content (AvgIpc) is 3.34. The third kappa shape index (κ3) is 3.25. The lowest BCUT2D eigenvalue weighted by Crippen LogP contribution is -2.53. The minimum atomic E-state index is -1.58. The molecule has 1 N–H and O–H groups in total. The number of rotatable bonds is 4. The minimum Gasteiger partial charge on any atom is -0.467 e. The number of hydrogen-bond acceptors (Lipinski definition) is 5. The van der Waals surface area contributed by atoms with Gasteiger partial charge in [0.15, 0.2) is 5.54 Å². The fraction of sp³-hybridized carbons (Fsp3) is 0.192. The Morgan fingerprint density at radius 2 is 1.56 bits per heavy atom. The van der Waals surface area contributed by atoms with E-state index in [1.165, 1.54) is 7.11 Å². The van der Waals surface area contributed by atoms with Gasteiger partial charge in [0.1, 0.15) is 0 Å². The number of nitrogens with zero attached hydrogens (tertiary/aromatic N) is 1. The highest BCUT2D eigenvalue weighted by molar-refractivity contribution is 6.32. The molecule has 0 spiro atoms. The number of anilines is 1. The van der Waals surface area contributed by atoms with E-state index in [1.807, 2.05) is 6.07 Å². The first kappa shape index (κ1) is 22.6. The summed E-state index contributed by atoms with van der Waals surface area (Å²) < 4.78 is 5.22. The van der Waals surface area contributed by atoms with Crippen LogP contribution in [0, 0.1) is 11.8 Å². The highest BCUT2D eigenvalue weighted by Crippen LogP contribution is 2.54. The van der Waals surface area contributed by atoms with E-state index >= 15 is 0 Å². The van der Waals surface area contributed by atoms with Crippen molar-refractivity contribution in [1.82, 2.24) is 5.32 Å². The first-order chi connectivity index (χ1) is 16.4. The molecule has 4 atom stereocenters. The van der Waals surface area contributed by atoms with Crippen LogP contribution in [0.2, 0.25) is 10.0 Å². The molecule has 172 valence electrons. The molecule has 2 aliphatic rings. The van der Waals surface area contributed by atoms with Crippen molar-refractivity contribution in [1.29, 1.82) is 0 Å². The van der Waals surface area contributed by atoms with Gasteiger partial charge >= 0.3 is 5.97 Å². The van der Waals surface area contributed by atoms with Gasteiger partial charge in [-0.1, -0.05) is 71.7 Å². The summed E-state index contributed by atoms with van der Waals surface area (Å²) in [5.41, 5.74) is -0.0395. The summed E-state index contributed by atoms with van der Waals surface area (Å²) in [5, 5.41) is 4.23. The number of methoxy groups -OCH3 is 1. The molecule has 2 aliphatic heterocycles. The van der Waals surface area contributed by atoms with E-state index in [0.29, 0.717) is 26.9 Å². The van der Waals surface area contributed by atoms with E-state index in [9.17, 15) is 14.4 Å². The highest BCUT2D eigenvalue weighted by Gasteiger charge is 2.69. The fourth-order valence-electron chi connectivity index (χ4n) is 5.18. The van der Waals surface area contributed by atoms with Crippen molar-refractivity contribution in [2.75, 3.05) is 12.0 Å². The van der Waals surface area contributed by atoms with Gasteiger partial charge < -0.3 is 4.74 Å². The Kier molecular flexibility index (Phi) is 5.68. The van der Waals surface area contributed by atoms with Gasteiger partial charge in [-0.25, -0.2) is 9.69 Å². The maximum Gasteiger partial charge on any atom is 0.331 e. The number of imide groups is 1. The van der Waals surface area contributed by atoms with Crippen LogP contribution in [0.4, 0.5) is 5.69 Å². The zero-order valence-corrected chi connectivity index (χ0v) is 19.6. The monoisotopic (exact) mass is 494 g/mol. The number of ether oxygens (including phenoxy) is 1. The topological polar surface area (TPSA) is 75.7 Å². The van der Waals surface area contributed by atoms with Crippen LogP contribution in [0.1, 0.15) is 17.2 Å². The Labute approximate surface area is 206 Å². The van der Waals surface area contributed by atoms with Crippen LogP contribution in [-0.2, 0) is 24.7 Å². The van der Waals surface area contributed by atoms with Gasteiger partial charge in [-0.3, -0.25) is 14.9 Å². The van der Waals surface area contributed by atoms with E-state index in [1.54, 1.807) is 72.8 Å². The molecule has 2 heterocycles. The summed E-state index contributed by atoms with van der Waals surface area (Å²) in [4.78, 5) is 42.4. The Hall–Kier alpha value is -3.19. The number of benzene rings is 3. The standard InChI is InChI=1S/C26H20Cl2N2O4/c1-34-25(33)26(15-7-3-2-4-8-15)21-20(22(29-26)18-9-5-6-10-19(18)28)23(31)30(24(21)32)17-13-11-16(27)12-14-17/h2-14,20-22,29H,1H3/t20-,21-,22-,26+/m0/s1. The van der Waals surface area contributed by atoms with Crippen molar-refractivity contribution in [2.24, 2.45) is 11.8 Å². The van der Waals surface area contributed by atoms with E-state index < -0.39 is 41.2 Å². The molecule has 0 saturated carbocycles. The van der Waals surface area contributed by atoms with Crippen LogP contribution >= 0.6 is 23.2 Å². The molecular formula is C26H20Cl2N2O4. The van der Waals surface area contributed by atoms with Crippen LogP contribution in [0.15, 0.2) is 78.9 Å². The van der Waals surface area contributed by atoms with Gasteiger partial charge in [0.25, 0.3) is 0 Å². The van der Waals surface area contributed by atoms with Gasteiger partial charge in [-0.05, 0) is 41.5 Å². The van der Waals surface area contributed by atoms with Crippen molar-refractivity contribution in [3.05, 3.63) is 100 Å². The summed E-state index contributed by atoms with van der Waals surface area (Å²) in [7, 11) is 1.27. The lowest BCUT2D eigenvalue weighted by Gasteiger charge is -2.33. The van der Waals surface area contributed by atoms with E-state index in [-0.39, 0.29) is 0 Å². The van der Waals surface area contributed by atoms with Gasteiger partial charge in [0, 0.05) is 16.1 Å². The molecule has 8 heteroatoms. The molecule has 3 aromatic rings. The molecule has 3 aromatic carbocycles. The molecule has 0 aliphatic carbocycles. The molecule has 34 heavy (non-hydrogen) atoms. The van der Waals surface area contributed by atoms with Crippen LogP contribution in [0.3, 0.4) is 0 Å². The molecule has 2 saturated heterocycles. The summed E-state index contributed by atoms with van der Waals surface area (Å²) >= 11 is 12.5. The second kappa shape index (κ2) is 8.55. The zero-order valence-electron chi connectivity index (χ0n) is 18.1. The predicted octanol–water partition coefficient (Wildman–Crippen LogP) is 4.51. The number of nitrogens with one attached hydrogen (secondary N) is 1. The van der Waals surface area contributed by atoms with Crippen molar-refractivity contribution >= 4 is 46.7 Å². The van der Waals surface area contributed by atoms with Crippen molar-refractivity contribution in [3.8, 4) is 0 Å². The Morgan fingerprint density at radius 3 is 2.21 bits per heavy atom. The molecular weight excluding hydrogens is 475 g/mol. The smallest absolute Gasteiger partial charge is 0.331 e. The molecule has 0 bridgehead atoms. The molecule has 6 nitrogen and oxygen atoms in total. The van der Waals surface area contributed by atoms with Crippen LogP contribution in [-0.4, -0.2) is 24.9 Å². The van der Waals surface area contributed by atoms with E-state index in [4.69, 9.17) is 27.9 Å². The third-order valence-electron chi connectivity index (χ3n) is 6.62. The fourth-order valence-corrected chi connectivity index (χ4v) is 5.56. The van der Waals surface area contributed by atoms with Crippen molar-refractivity contribution in [3.63, 3.8) is 0 Å². The van der Waals surface area contributed by atoms with E-state index in [2.05, 4.69) is 5.32 Å².